The Morgan fingerprint density at radius 1 is 1.46 bits per heavy atom. The average molecular weight is 347 g/mol. The number of fused-ring (bicyclic) bond motifs is 2. The number of hydrogen-bond acceptors (Lipinski definition) is 5. The highest BCUT2D eigenvalue weighted by molar-refractivity contribution is 7.18. The van der Waals surface area contributed by atoms with E-state index in [4.69, 9.17) is 0 Å². The second kappa shape index (κ2) is 4.90. The van der Waals surface area contributed by atoms with Gasteiger partial charge in [-0.25, -0.2) is 9.78 Å². The molecule has 0 bridgehead atoms. The summed E-state index contributed by atoms with van der Waals surface area (Å²) in [4.78, 5) is 31.5. The van der Waals surface area contributed by atoms with Crippen molar-refractivity contribution in [1.82, 2.24) is 14.3 Å². The lowest BCUT2D eigenvalue weighted by molar-refractivity contribution is -0.163. The van der Waals surface area contributed by atoms with Crippen LogP contribution in [0, 0.1) is 18.8 Å². The third-order valence-electron chi connectivity index (χ3n) is 5.12. The van der Waals surface area contributed by atoms with Gasteiger partial charge in [0.25, 0.3) is 0 Å². The summed E-state index contributed by atoms with van der Waals surface area (Å²) in [6.07, 6.45) is 2.64. The van der Waals surface area contributed by atoms with Crippen molar-refractivity contribution in [2.75, 3.05) is 0 Å². The Bertz CT molecular complexity index is 910. The van der Waals surface area contributed by atoms with Crippen molar-refractivity contribution in [2.45, 2.75) is 32.9 Å². The van der Waals surface area contributed by atoms with Crippen molar-refractivity contribution in [3.8, 4) is 0 Å². The Morgan fingerprint density at radius 3 is 2.75 bits per heavy atom. The fourth-order valence-electron chi connectivity index (χ4n) is 4.01. The second-order valence-corrected chi connectivity index (χ2v) is 7.47. The van der Waals surface area contributed by atoms with Crippen molar-refractivity contribution >= 4 is 33.6 Å². The van der Waals surface area contributed by atoms with E-state index >= 15 is 0 Å². The van der Waals surface area contributed by atoms with E-state index in [1.807, 2.05) is 18.2 Å². The standard InChI is InChI=1S/C16H17N3O4S/c1-6-10(14-7(2)18-5-17-4-9(18)24-14)13(16(22)23)19-12(6)11(8(3)20)15(19)21/h4-6,8,11-12,20H,1-3H3,(H,22,23)/t6-,8+,11+,12+/m0/s1. The van der Waals surface area contributed by atoms with Crippen LogP contribution in [0.4, 0.5) is 0 Å². The minimum Gasteiger partial charge on any atom is -0.477 e. The maximum Gasteiger partial charge on any atom is 0.352 e. The third kappa shape index (κ3) is 1.72. The molecule has 2 N–H and O–H groups in total. The molecule has 1 fully saturated rings. The highest BCUT2D eigenvalue weighted by Gasteiger charge is 2.60. The van der Waals surface area contributed by atoms with Crippen molar-refractivity contribution in [3.63, 3.8) is 0 Å². The number of carbonyl (C=O) groups excluding carboxylic acids is 1. The number of nitrogens with zero attached hydrogens (tertiary/aromatic N) is 3. The van der Waals surface area contributed by atoms with Crippen molar-refractivity contribution in [3.05, 3.63) is 28.8 Å². The lowest BCUT2D eigenvalue weighted by Crippen LogP contribution is -2.63. The molecule has 4 atom stereocenters. The van der Waals surface area contributed by atoms with Gasteiger partial charge in [0.15, 0.2) is 0 Å². The summed E-state index contributed by atoms with van der Waals surface area (Å²) in [5, 5.41) is 19.6. The Morgan fingerprint density at radius 2 is 2.17 bits per heavy atom. The number of carboxylic acids is 1. The minimum absolute atomic E-state index is 0.0509. The number of imidazole rings is 1. The highest BCUT2D eigenvalue weighted by Crippen LogP contribution is 2.52. The number of thiazole rings is 1. The second-order valence-electron chi connectivity index (χ2n) is 6.44. The van der Waals surface area contributed by atoms with Crippen LogP contribution in [0.15, 0.2) is 18.2 Å². The number of hydrogen-bond donors (Lipinski definition) is 2. The molecule has 1 saturated heterocycles. The van der Waals surface area contributed by atoms with Crippen LogP contribution < -0.4 is 0 Å². The smallest absolute Gasteiger partial charge is 0.352 e. The van der Waals surface area contributed by atoms with Crippen molar-refractivity contribution in [1.29, 1.82) is 0 Å². The molecule has 8 heteroatoms. The van der Waals surface area contributed by atoms with Crippen LogP contribution in [-0.4, -0.2) is 48.5 Å². The summed E-state index contributed by atoms with van der Waals surface area (Å²) in [5.41, 5.74) is 1.64. The number of carbonyl (C=O) groups is 2. The monoisotopic (exact) mass is 347 g/mol. The summed E-state index contributed by atoms with van der Waals surface area (Å²) in [6.45, 7) is 5.43. The molecule has 0 unspecified atom stereocenters. The van der Waals surface area contributed by atoms with Gasteiger partial charge in [-0.1, -0.05) is 6.92 Å². The third-order valence-corrected chi connectivity index (χ3v) is 6.35. The van der Waals surface area contributed by atoms with Gasteiger partial charge >= 0.3 is 5.97 Å². The average Bonchev–Trinajstić information content (AvgIpc) is 3.12. The lowest BCUT2D eigenvalue weighted by Gasteiger charge is -2.46. The summed E-state index contributed by atoms with van der Waals surface area (Å²) < 4.78 is 1.92. The topological polar surface area (TPSA) is 95.1 Å². The predicted octanol–water partition coefficient (Wildman–Crippen LogP) is 1.36. The van der Waals surface area contributed by atoms with Gasteiger partial charge in [-0.3, -0.25) is 9.20 Å². The van der Waals surface area contributed by atoms with Crippen LogP contribution in [0.2, 0.25) is 0 Å². The SMILES string of the molecule is Cc1c(C2=C(C(=O)O)N3C(=O)[C@H]([C@@H](C)O)[C@H]3[C@H]2C)sc2cncn12. The van der Waals surface area contributed by atoms with Gasteiger partial charge in [-0.15, -0.1) is 11.3 Å². The number of aliphatic carboxylic acids is 1. The number of carboxylic acid groups (broad SMARTS) is 1. The van der Waals surface area contributed by atoms with Crippen LogP contribution in [0.3, 0.4) is 0 Å². The molecule has 2 aromatic rings. The van der Waals surface area contributed by atoms with E-state index in [1.54, 1.807) is 19.4 Å². The predicted molar refractivity (Wildman–Crippen MR) is 87.3 cm³/mol. The molecule has 4 heterocycles. The van der Waals surface area contributed by atoms with Crippen molar-refractivity contribution in [2.24, 2.45) is 11.8 Å². The van der Waals surface area contributed by atoms with E-state index in [-0.39, 0.29) is 23.6 Å². The maximum atomic E-state index is 12.4. The zero-order chi connectivity index (χ0) is 17.3. The van der Waals surface area contributed by atoms with Gasteiger partial charge in [-0.05, 0) is 13.8 Å². The quantitative estimate of drug-likeness (QED) is 0.818. The molecule has 24 heavy (non-hydrogen) atoms. The molecule has 7 nitrogen and oxygen atoms in total. The molecule has 0 aliphatic carbocycles. The molecule has 0 aromatic carbocycles. The van der Waals surface area contributed by atoms with Crippen LogP contribution in [0.5, 0.6) is 0 Å². The van der Waals surface area contributed by atoms with Gasteiger partial charge in [0, 0.05) is 17.2 Å². The Balaban J connectivity index is 1.90. The van der Waals surface area contributed by atoms with Crippen LogP contribution in [0.1, 0.15) is 24.4 Å². The number of β-lactam (4-membered cyclic amide) rings is 1. The van der Waals surface area contributed by atoms with Gasteiger partial charge in [0.2, 0.25) is 5.91 Å². The number of aromatic nitrogens is 2. The molecule has 0 spiro atoms. The molecule has 2 aliphatic rings. The van der Waals surface area contributed by atoms with Crippen LogP contribution in [0.25, 0.3) is 10.4 Å². The number of aliphatic hydroxyl groups is 1. The Hall–Kier alpha value is -2.19. The van der Waals surface area contributed by atoms with E-state index in [2.05, 4.69) is 4.98 Å². The summed E-state index contributed by atoms with van der Waals surface area (Å²) in [6, 6.07) is -0.294. The van der Waals surface area contributed by atoms with Crippen molar-refractivity contribution < 1.29 is 19.8 Å². The van der Waals surface area contributed by atoms with E-state index < -0.39 is 18.0 Å². The first kappa shape index (κ1) is 15.3. The Kier molecular flexibility index (Phi) is 3.14. The van der Waals surface area contributed by atoms with E-state index in [9.17, 15) is 19.8 Å². The van der Waals surface area contributed by atoms with Gasteiger partial charge < -0.3 is 15.1 Å². The first-order chi connectivity index (χ1) is 11.3. The Labute approximate surface area is 141 Å². The molecule has 0 radical (unpaired) electrons. The highest BCUT2D eigenvalue weighted by atomic mass is 32.1. The number of rotatable bonds is 3. The number of aryl methyl sites for hydroxylation is 1. The fraction of sp³-hybridized carbons (Fsp3) is 0.438. The molecular weight excluding hydrogens is 330 g/mol. The molecule has 2 aromatic heterocycles. The van der Waals surface area contributed by atoms with Crippen LogP contribution in [-0.2, 0) is 9.59 Å². The summed E-state index contributed by atoms with van der Waals surface area (Å²) in [5.74, 6) is -2.10. The number of aliphatic hydroxyl groups excluding tert-OH is 1. The number of amides is 1. The normalized spacial score (nSPS) is 27.6. The van der Waals surface area contributed by atoms with E-state index in [0.717, 1.165) is 15.4 Å². The molecular formula is C16H17N3O4S. The van der Waals surface area contributed by atoms with Gasteiger partial charge in [0.05, 0.1) is 29.1 Å². The minimum atomic E-state index is -1.10. The molecule has 4 rings (SSSR count). The first-order valence-corrected chi connectivity index (χ1v) is 8.56. The van der Waals surface area contributed by atoms with E-state index in [1.165, 1.54) is 16.2 Å². The van der Waals surface area contributed by atoms with Gasteiger partial charge in [-0.2, -0.15) is 0 Å². The fourth-order valence-corrected chi connectivity index (χ4v) is 5.26. The molecule has 1 amide bonds. The zero-order valence-corrected chi connectivity index (χ0v) is 14.2. The zero-order valence-electron chi connectivity index (χ0n) is 13.4. The van der Waals surface area contributed by atoms with Gasteiger partial charge in [0.1, 0.15) is 16.9 Å². The molecule has 2 aliphatic heterocycles. The summed E-state index contributed by atoms with van der Waals surface area (Å²) >= 11 is 1.47. The summed E-state index contributed by atoms with van der Waals surface area (Å²) in [7, 11) is 0. The van der Waals surface area contributed by atoms with E-state index in [0.29, 0.717) is 5.57 Å². The molecule has 0 saturated carbocycles. The first-order valence-electron chi connectivity index (χ1n) is 7.75. The largest absolute Gasteiger partial charge is 0.477 e. The lowest BCUT2D eigenvalue weighted by atomic mass is 9.77. The maximum absolute atomic E-state index is 12.4. The molecule has 126 valence electrons. The van der Waals surface area contributed by atoms with Crippen LogP contribution >= 0.6 is 11.3 Å².